The normalized spacial score (nSPS) is 11.2. The fraction of sp³-hybridized carbons (Fsp3) is 0.389. The van der Waals surface area contributed by atoms with Crippen LogP contribution in [-0.2, 0) is 17.6 Å². The Hall–Kier alpha value is -2.87. The summed E-state index contributed by atoms with van der Waals surface area (Å²) in [6.45, 7) is 1.37. The van der Waals surface area contributed by atoms with Gasteiger partial charge in [-0.3, -0.25) is 0 Å². The number of ether oxygens (including phenoxy) is 1. The minimum Gasteiger partial charge on any atom is -0.453 e. The number of methoxy groups -OCH3 is 1. The molecule has 26 heavy (non-hydrogen) atoms. The highest BCUT2D eigenvalue weighted by Gasteiger charge is 2.12. The Morgan fingerprint density at radius 2 is 2.19 bits per heavy atom. The second-order valence-electron chi connectivity index (χ2n) is 6.31. The largest absolute Gasteiger partial charge is 0.453 e. The number of aromatic amines is 1. The van der Waals surface area contributed by atoms with Crippen LogP contribution in [0.3, 0.4) is 0 Å². The Bertz CT molecular complexity index is 884. The summed E-state index contributed by atoms with van der Waals surface area (Å²) in [5, 5.41) is 7.73. The van der Waals surface area contributed by atoms with Gasteiger partial charge in [0.15, 0.2) is 5.82 Å². The van der Waals surface area contributed by atoms with Gasteiger partial charge in [0, 0.05) is 42.2 Å². The highest BCUT2D eigenvalue weighted by atomic mass is 16.5. The van der Waals surface area contributed by atoms with Gasteiger partial charge >= 0.3 is 6.09 Å². The summed E-state index contributed by atoms with van der Waals surface area (Å²) in [5.74, 6) is 1.01. The Morgan fingerprint density at radius 3 is 2.96 bits per heavy atom. The number of hydrogen-bond acceptors (Lipinski definition) is 6. The Kier molecular flexibility index (Phi) is 5.52. The molecule has 1 aromatic carbocycles. The van der Waals surface area contributed by atoms with Gasteiger partial charge in [-0.25, -0.2) is 4.79 Å². The molecule has 0 unspecified atom stereocenters. The summed E-state index contributed by atoms with van der Waals surface area (Å²) in [6, 6.07) is 6.05. The number of rotatable bonds is 7. The summed E-state index contributed by atoms with van der Waals surface area (Å²) in [7, 11) is 5.45. The lowest BCUT2D eigenvalue weighted by molar-refractivity contribution is 0.171. The molecule has 8 nitrogen and oxygen atoms in total. The van der Waals surface area contributed by atoms with Crippen LogP contribution in [0.2, 0.25) is 0 Å². The van der Waals surface area contributed by atoms with E-state index in [2.05, 4.69) is 56.4 Å². The van der Waals surface area contributed by atoms with Crippen molar-refractivity contribution in [1.82, 2.24) is 25.3 Å². The number of benzene rings is 1. The number of likely N-dealkylation sites (N-methyl/N-ethyl adjacent to an activating group) is 1. The first kappa shape index (κ1) is 17.9. The Labute approximate surface area is 151 Å². The van der Waals surface area contributed by atoms with Crippen LogP contribution in [0.15, 0.2) is 28.9 Å². The zero-order chi connectivity index (χ0) is 18.5. The molecule has 0 atom stereocenters. The fourth-order valence-corrected chi connectivity index (χ4v) is 2.68. The number of aromatic nitrogens is 3. The molecule has 8 heteroatoms. The zero-order valence-electron chi connectivity index (χ0n) is 15.2. The molecular formula is C18H23N5O3. The van der Waals surface area contributed by atoms with Gasteiger partial charge in [0.1, 0.15) is 0 Å². The van der Waals surface area contributed by atoms with E-state index < -0.39 is 6.09 Å². The highest BCUT2D eigenvalue weighted by molar-refractivity contribution is 5.87. The van der Waals surface area contributed by atoms with Crippen LogP contribution < -0.4 is 5.32 Å². The number of H-pyrrole nitrogens is 1. The van der Waals surface area contributed by atoms with Gasteiger partial charge in [-0.2, -0.15) is 4.98 Å². The minimum absolute atomic E-state index is 0.386. The number of amides is 1. The molecule has 2 heterocycles. The van der Waals surface area contributed by atoms with Crippen LogP contribution in [0.25, 0.3) is 22.4 Å². The van der Waals surface area contributed by atoms with Crippen LogP contribution in [0.5, 0.6) is 0 Å². The molecule has 0 radical (unpaired) electrons. The van der Waals surface area contributed by atoms with E-state index in [-0.39, 0.29) is 0 Å². The molecule has 0 spiro atoms. The topological polar surface area (TPSA) is 96.3 Å². The van der Waals surface area contributed by atoms with Gasteiger partial charge < -0.3 is 24.5 Å². The summed E-state index contributed by atoms with van der Waals surface area (Å²) in [4.78, 5) is 20.9. The van der Waals surface area contributed by atoms with Crippen molar-refractivity contribution in [3.05, 3.63) is 35.8 Å². The number of carbonyl (C=O) groups excluding carboxylic acids is 1. The van der Waals surface area contributed by atoms with E-state index >= 15 is 0 Å². The van der Waals surface area contributed by atoms with E-state index in [4.69, 9.17) is 4.52 Å². The van der Waals surface area contributed by atoms with Gasteiger partial charge in [-0.15, -0.1) is 0 Å². The van der Waals surface area contributed by atoms with Crippen molar-refractivity contribution in [3.63, 3.8) is 0 Å². The van der Waals surface area contributed by atoms with E-state index in [1.165, 1.54) is 12.7 Å². The fourth-order valence-electron chi connectivity index (χ4n) is 2.68. The maximum absolute atomic E-state index is 11.1. The maximum Gasteiger partial charge on any atom is 0.406 e. The summed E-state index contributed by atoms with van der Waals surface area (Å²) < 4.78 is 9.90. The standard InChI is InChI=1S/C18H23N5O3/c1-23(2)9-7-13-11-20-15-5-4-12(10-14(13)15)17-21-16(22-26-17)6-8-19-18(24)25-3/h4-5,10-11,20H,6-9H2,1-3H3,(H,19,24). The second-order valence-corrected chi connectivity index (χ2v) is 6.31. The van der Waals surface area contributed by atoms with Crippen LogP contribution in [0.4, 0.5) is 4.79 Å². The number of nitrogens with zero attached hydrogens (tertiary/aromatic N) is 3. The molecule has 0 bridgehead atoms. The molecule has 3 rings (SSSR count). The predicted molar refractivity (Wildman–Crippen MR) is 98.0 cm³/mol. The van der Waals surface area contributed by atoms with Crippen LogP contribution in [0, 0.1) is 0 Å². The van der Waals surface area contributed by atoms with Crippen LogP contribution in [-0.4, -0.2) is 60.4 Å². The van der Waals surface area contributed by atoms with Crippen molar-refractivity contribution in [2.24, 2.45) is 0 Å². The highest BCUT2D eigenvalue weighted by Crippen LogP contribution is 2.26. The molecule has 0 fully saturated rings. The predicted octanol–water partition coefficient (Wildman–Crippen LogP) is 2.22. The van der Waals surface area contributed by atoms with Crippen LogP contribution >= 0.6 is 0 Å². The molecule has 0 aliphatic carbocycles. The smallest absolute Gasteiger partial charge is 0.406 e. The quantitative estimate of drug-likeness (QED) is 0.673. The molecular weight excluding hydrogens is 334 g/mol. The van der Waals surface area contributed by atoms with E-state index in [1.807, 2.05) is 12.1 Å². The number of alkyl carbamates (subject to hydrolysis) is 1. The molecule has 0 aliphatic rings. The SMILES string of the molecule is COC(=O)NCCc1noc(-c2ccc3[nH]cc(CCN(C)C)c3c2)n1. The van der Waals surface area contributed by atoms with Gasteiger partial charge in [-0.1, -0.05) is 5.16 Å². The number of carbonyl (C=O) groups is 1. The number of hydrogen-bond donors (Lipinski definition) is 2. The van der Waals surface area contributed by atoms with Crippen molar-refractivity contribution >= 4 is 17.0 Å². The number of nitrogens with one attached hydrogen (secondary N) is 2. The summed E-state index contributed by atoms with van der Waals surface area (Å²) >= 11 is 0. The van der Waals surface area contributed by atoms with Crippen molar-refractivity contribution in [3.8, 4) is 11.5 Å². The lowest BCUT2D eigenvalue weighted by Gasteiger charge is -2.08. The third-order valence-corrected chi connectivity index (χ3v) is 4.11. The van der Waals surface area contributed by atoms with Gasteiger partial charge in [-0.05, 0) is 44.3 Å². The average molecular weight is 357 g/mol. The maximum atomic E-state index is 11.1. The molecule has 0 saturated heterocycles. The molecule has 0 aliphatic heterocycles. The minimum atomic E-state index is -0.475. The lowest BCUT2D eigenvalue weighted by atomic mass is 10.1. The first-order valence-corrected chi connectivity index (χ1v) is 8.46. The van der Waals surface area contributed by atoms with Crippen molar-refractivity contribution < 1.29 is 14.1 Å². The zero-order valence-corrected chi connectivity index (χ0v) is 15.2. The molecule has 2 N–H and O–H groups in total. The molecule has 138 valence electrons. The third kappa shape index (κ3) is 4.20. The summed E-state index contributed by atoms with van der Waals surface area (Å²) in [6.07, 6.45) is 3.01. The third-order valence-electron chi connectivity index (χ3n) is 4.11. The van der Waals surface area contributed by atoms with E-state index in [0.29, 0.717) is 24.7 Å². The average Bonchev–Trinajstić information content (AvgIpc) is 3.26. The molecule has 0 saturated carbocycles. The molecule has 2 aromatic heterocycles. The van der Waals surface area contributed by atoms with Gasteiger partial charge in [0.05, 0.1) is 7.11 Å². The van der Waals surface area contributed by atoms with Crippen LogP contribution in [0.1, 0.15) is 11.4 Å². The first-order chi connectivity index (χ1) is 12.6. The first-order valence-electron chi connectivity index (χ1n) is 8.46. The van der Waals surface area contributed by atoms with Gasteiger partial charge in [0.2, 0.25) is 0 Å². The second kappa shape index (κ2) is 8.01. The van der Waals surface area contributed by atoms with Crippen molar-refractivity contribution in [1.29, 1.82) is 0 Å². The molecule has 1 amide bonds. The lowest BCUT2D eigenvalue weighted by Crippen LogP contribution is -2.25. The van der Waals surface area contributed by atoms with Crippen molar-refractivity contribution in [2.75, 3.05) is 34.3 Å². The number of fused-ring (bicyclic) bond motifs is 1. The summed E-state index contributed by atoms with van der Waals surface area (Å²) in [5.41, 5.74) is 3.23. The van der Waals surface area contributed by atoms with E-state index in [9.17, 15) is 4.79 Å². The Balaban J connectivity index is 1.73. The Morgan fingerprint density at radius 1 is 1.35 bits per heavy atom. The van der Waals surface area contributed by atoms with Gasteiger partial charge in [0.25, 0.3) is 5.89 Å². The van der Waals surface area contributed by atoms with E-state index in [1.54, 1.807) is 0 Å². The monoisotopic (exact) mass is 357 g/mol. The van der Waals surface area contributed by atoms with Crippen molar-refractivity contribution in [2.45, 2.75) is 12.8 Å². The van der Waals surface area contributed by atoms with E-state index in [0.717, 1.165) is 29.4 Å². The molecule has 3 aromatic rings.